The summed E-state index contributed by atoms with van der Waals surface area (Å²) >= 11 is 0. The van der Waals surface area contributed by atoms with Crippen molar-refractivity contribution < 1.29 is 19.1 Å². The maximum absolute atomic E-state index is 13.9. The first-order valence-corrected chi connectivity index (χ1v) is 13.5. The standard InChI is InChI=1S/C33H37N3O4/c1-39-21-11-20-35(33(38)29-15-7-4-8-16-29)26-32(37)36(23-27-12-5-3-6-13-27)25-30-17-10-19-34(30)24-28-14-9-18-31(22-28)40-2/h3-10,12-19,22H,11,20-21,23-26H2,1-2H3. The van der Waals surface area contributed by atoms with Gasteiger partial charge in [0.2, 0.25) is 5.91 Å². The molecule has 7 heteroatoms. The van der Waals surface area contributed by atoms with Gasteiger partial charge in [-0.25, -0.2) is 0 Å². The van der Waals surface area contributed by atoms with Crippen LogP contribution in [0.15, 0.2) is 103 Å². The predicted octanol–water partition coefficient (Wildman–Crippen LogP) is 5.25. The maximum Gasteiger partial charge on any atom is 0.254 e. The summed E-state index contributed by atoms with van der Waals surface area (Å²) in [5, 5.41) is 0. The summed E-state index contributed by atoms with van der Waals surface area (Å²) in [6.07, 6.45) is 2.67. The first-order chi connectivity index (χ1) is 19.6. The Morgan fingerprint density at radius 3 is 2.23 bits per heavy atom. The number of hydrogen-bond acceptors (Lipinski definition) is 4. The van der Waals surface area contributed by atoms with E-state index in [0.717, 1.165) is 22.6 Å². The molecule has 4 aromatic rings. The highest BCUT2D eigenvalue weighted by atomic mass is 16.5. The molecule has 7 nitrogen and oxygen atoms in total. The van der Waals surface area contributed by atoms with Crippen molar-refractivity contribution >= 4 is 11.8 Å². The number of benzene rings is 3. The predicted molar refractivity (Wildman–Crippen MR) is 156 cm³/mol. The zero-order valence-electron chi connectivity index (χ0n) is 23.2. The molecule has 1 heterocycles. The van der Waals surface area contributed by atoms with Gasteiger partial charge in [-0.3, -0.25) is 9.59 Å². The van der Waals surface area contributed by atoms with E-state index in [1.54, 1.807) is 31.3 Å². The second-order valence-electron chi connectivity index (χ2n) is 9.65. The highest BCUT2D eigenvalue weighted by Gasteiger charge is 2.23. The fourth-order valence-corrected chi connectivity index (χ4v) is 4.63. The number of amides is 2. The van der Waals surface area contributed by atoms with Crippen molar-refractivity contribution in [3.63, 3.8) is 0 Å². The van der Waals surface area contributed by atoms with Gasteiger partial charge < -0.3 is 23.8 Å². The smallest absolute Gasteiger partial charge is 0.254 e. The average molecular weight is 540 g/mol. The van der Waals surface area contributed by atoms with Crippen LogP contribution in [0.25, 0.3) is 0 Å². The van der Waals surface area contributed by atoms with Crippen LogP contribution in [-0.2, 0) is 29.2 Å². The molecule has 4 rings (SSSR count). The average Bonchev–Trinajstić information content (AvgIpc) is 3.43. The van der Waals surface area contributed by atoms with E-state index in [-0.39, 0.29) is 18.4 Å². The molecule has 40 heavy (non-hydrogen) atoms. The van der Waals surface area contributed by atoms with Crippen molar-refractivity contribution in [3.05, 3.63) is 126 Å². The summed E-state index contributed by atoms with van der Waals surface area (Å²) in [6.45, 7) is 2.44. The molecular formula is C33H37N3O4. The third-order valence-corrected chi connectivity index (χ3v) is 6.74. The lowest BCUT2D eigenvalue weighted by atomic mass is 10.1. The van der Waals surface area contributed by atoms with E-state index in [0.29, 0.717) is 44.8 Å². The van der Waals surface area contributed by atoms with Gasteiger partial charge in [-0.2, -0.15) is 0 Å². The lowest BCUT2D eigenvalue weighted by molar-refractivity contribution is -0.133. The van der Waals surface area contributed by atoms with Crippen molar-refractivity contribution in [2.45, 2.75) is 26.1 Å². The monoisotopic (exact) mass is 539 g/mol. The summed E-state index contributed by atoms with van der Waals surface area (Å²) in [5.41, 5.74) is 3.71. The van der Waals surface area contributed by atoms with E-state index in [4.69, 9.17) is 9.47 Å². The number of nitrogens with zero attached hydrogens (tertiary/aromatic N) is 3. The molecule has 1 aromatic heterocycles. The molecule has 0 aliphatic heterocycles. The Kier molecular flexibility index (Phi) is 10.5. The third kappa shape index (κ3) is 8.07. The molecule has 208 valence electrons. The van der Waals surface area contributed by atoms with Crippen molar-refractivity contribution in [2.24, 2.45) is 0 Å². The van der Waals surface area contributed by atoms with Crippen LogP contribution in [0, 0.1) is 0 Å². The first-order valence-electron chi connectivity index (χ1n) is 13.5. The van der Waals surface area contributed by atoms with Crippen LogP contribution in [0.3, 0.4) is 0 Å². The highest BCUT2D eigenvalue weighted by molar-refractivity contribution is 5.96. The Labute approximate surface area is 236 Å². The van der Waals surface area contributed by atoms with E-state index in [1.807, 2.05) is 90.0 Å². The quantitative estimate of drug-likeness (QED) is 0.205. The lowest BCUT2D eigenvalue weighted by Gasteiger charge is -2.28. The largest absolute Gasteiger partial charge is 0.497 e. The summed E-state index contributed by atoms with van der Waals surface area (Å²) in [4.78, 5) is 30.7. The topological polar surface area (TPSA) is 64.0 Å². The zero-order chi connectivity index (χ0) is 28.2. The molecule has 0 aliphatic carbocycles. The first kappa shape index (κ1) is 28.6. The Morgan fingerprint density at radius 1 is 0.775 bits per heavy atom. The summed E-state index contributed by atoms with van der Waals surface area (Å²) in [6, 6.07) is 31.1. The Balaban J connectivity index is 1.55. The second kappa shape index (κ2) is 14.7. The van der Waals surface area contributed by atoms with E-state index in [2.05, 4.69) is 10.6 Å². The Hall–Kier alpha value is -4.36. The molecule has 0 atom stereocenters. The fourth-order valence-electron chi connectivity index (χ4n) is 4.63. The van der Waals surface area contributed by atoms with E-state index in [1.165, 1.54) is 0 Å². The highest BCUT2D eigenvalue weighted by Crippen LogP contribution is 2.17. The lowest BCUT2D eigenvalue weighted by Crippen LogP contribution is -2.43. The van der Waals surface area contributed by atoms with E-state index < -0.39 is 0 Å². The van der Waals surface area contributed by atoms with Crippen LogP contribution in [0.2, 0.25) is 0 Å². The summed E-state index contributed by atoms with van der Waals surface area (Å²) < 4.78 is 12.7. The number of methoxy groups -OCH3 is 2. The minimum Gasteiger partial charge on any atom is -0.497 e. The fraction of sp³-hybridized carbons (Fsp3) is 0.273. The number of rotatable bonds is 14. The van der Waals surface area contributed by atoms with Crippen molar-refractivity contribution in [1.82, 2.24) is 14.4 Å². The molecule has 0 spiro atoms. The minimum atomic E-state index is -0.161. The third-order valence-electron chi connectivity index (χ3n) is 6.74. The molecule has 0 aliphatic rings. The Morgan fingerprint density at radius 2 is 1.50 bits per heavy atom. The van der Waals surface area contributed by atoms with Gasteiger partial charge in [0.15, 0.2) is 0 Å². The molecule has 0 saturated heterocycles. The molecule has 0 saturated carbocycles. The molecule has 2 amide bonds. The summed E-state index contributed by atoms with van der Waals surface area (Å²) in [5.74, 6) is 0.537. The number of hydrogen-bond donors (Lipinski definition) is 0. The van der Waals surface area contributed by atoms with Crippen molar-refractivity contribution in [1.29, 1.82) is 0 Å². The van der Waals surface area contributed by atoms with Crippen LogP contribution >= 0.6 is 0 Å². The van der Waals surface area contributed by atoms with E-state index in [9.17, 15) is 9.59 Å². The normalized spacial score (nSPS) is 10.8. The molecular weight excluding hydrogens is 502 g/mol. The second-order valence-corrected chi connectivity index (χ2v) is 9.65. The number of ether oxygens (including phenoxy) is 2. The maximum atomic E-state index is 13.9. The van der Waals surface area contributed by atoms with Gasteiger partial charge in [0.25, 0.3) is 5.91 Å². The summed E-state index contributed by atoms with van der Waals surface area (Å²) in [7, 11) is 3.30. The molecule has 0 fully saturated rings. The van der Waals surface area contributed by atoms with E-state index >= 15 is 0 Å². The van der Waals surface area contributed by atoms with Crippen molar-refractivity contribution in [3.8, 4) is 5.75 Å². The van der Waals surface area contributed by atoms with Gasteiger partial charge in [0.05, 0.1) is 13.7 Å². The number of aromatic nitrogens is 1. The van der Waals surface area contributed by atoms with Crippen LogP contribution in [0.4, 0.5) is 0 Å². The zero-order valence-corrected chi connectivity index (χ0v) is 23.2. The van der Waals surface area contributed by atoms with Gasteiger partial charge >= 0.3 is 0 Å². The van der Waals surface area contributed by atoms with Gasteiger partial charge in [0, 0.05) is 50.8 Å². The van der Waals surface area contributed by atoms with Crippen LogP contribution in [0.1, 0.15) is 33.6 Å². The molecule has 0 bridgehead atoms. The minimum absolute atomic E-state index is 0.0130. The van der Waals surface area contributed by atoms with Crippen LogP contribution in [0.5, 0.6) is 5.75 Å². The van der Waals surface area contributed by atoms with Gasteiger partial charge in [0.1, 0.15) is 12.3 Å². The van der Waals surface area contributed by atoms with Crippen LogP contribution in [-0.4, -0.2) is 60.1 Å². The molecule has 3 aromatic carbocycles. The SMILES string of the molecule is COCCCN(CC(=O)N(Cc1ccccc1)Cc1cccn1Cc1cccc(OC)c1)C(=O)c1ccccc1. The molecule has 0 unspecified atom stereocenters. The van der Waals surface area contributed by atoms with Gasteiger partial charge in [-0.05, 0) is 53.9 Å². The Bertz CT molecular complexity index is 1350. The molecule has 0 radical (unpaired) electrons. The van der Waals surface area contributed by atoms with Gasteiger partial charge in [-0.15, -0.1) is 0 Å². The van der Waals surface area contributed by atoms with Crippen LogP contribution < -0.4 is 4.74 Å². The van der Waals surface area contributed by atoms with Gasteiger partial charge in [-0.1, -0.05) is 60.7 Å². The number of carbonyl (C=O) groups is 2. The molecule has 0 N–H and O–H groups in total. The van der Waals surface area contributed by atoms with Crippen molar-refractivity contribution in [2.75, 3.05) is 33.9 Å². The number of carbonyl (C=O) groups excluding carboxylic acids is 2.